The summed E-state index contributed by atoms with van der Waals surface area (Å²) >= 11 is 0. The van der Waals surface area contributed by atoms with Crippen LogP contribution in [0.3, 0.4) is 0 Å². The Morgan fingerprint density at radius 1 is 1.12 bits per heavy atom. The smallest absolute Gasteiger partial charge is 0.271 e. The quantitative estimate of drug-likeness (QED) is 0.726. The fourth-order valence-electron chi connectivity index (χ4n) is 2.30. The SMILES string of the molecule is Cn1nc(C(=O)NCCOc2ccc3ccccc3c2)ccc1=O. The third-order valence-electron chi connectivity index (χ3n) is 3.57. The van der Waals surface area contributed by atoms with E-state index in [2.05, 4.69) is 10.4 Å². The number of amides is 1. The number of hydrogen-bond acceptors (Lipinski definition) is 4. The van der Waals surface area contributed by atoms with Crippen LogP contribution >= 0.6 is 0 Å². The number of aryl methyl sites for hydroxylation is 1. The van der Waals surface area contributed by atoms with Crippen molar-refractivity contribution in [2.45, 2.75) is 0 Å². The normalized spacial score (nSPS) is 10.5. The van der Waals surface area contributed by atoms with Crippen molar-refractivity contribution in [2.75, 3.05) is 13.2 Å². The van der Waals surface area contributed by atoms with E-state index < -0.39 is 0 Å². The van der Waals surface area contributed by atoms with E-state index in [-0.39, 0.29) is 17.2 Å². The molecule has 0 spiro atoms. The van der Waals surface area contributed by atoms with Gasteiger partial charge in [0.05, 0.1) is 6.54 Å². The molecule has 1 aromatic heterocycles. The molecule has 0 radical (unpaired) electrons. The van der Waals surface area contributed by atoms with Crippen LogP contribution in [0.5, 0.6) is 5.75 Å². The third kappa shape index (κ3) is 3.60. The lowest BCUT2D eigenvalue weighted by atomic mass is 10.1. The van der Waals surface area contributed by atoms with Gasteiger partial charge in [-0.25, -0.2) is 4.68 Å². The number of nitrogens with one attached hydrogen (secondary N) is 1. The summed E-state index contributed by atoms with van der Waals surface area (Å²) in [7, 11) is 1.50. The van der Waals surface area contributed by atoms with Gasteiger partial charge in [-0.3, -0.25) is 9.59 Å². The highest BCUT2D eigenvalue weighted by Crippen LogP contribution is 2.20. The van der Waals surface area contributed by atoms with Crippen molar-refractivity contribution in [1.82, 2.24) is 15.1 Å². The third-order valence-corrected chi connectivity index (χ3v) is 3.57. The van der Waals surface area contributed by atoms with Crippen molar-refractivity contribution in [3.05, 3.63) is 70.6 Å². The molecule has 0 atom stereocenters. The number of carbonyl (C=O) groups excluding carboxylic acids is 1. The molecule has 0 bridgehead atoms. The Bertz CT molecular complexity index is 934. The van der Waals surface area contributed by atoms with E-state index in [1.165, 1.54) is 19.2 Å². The maximum absolute atomic E-state index is 11.9. The fraction of sp³-hybridized carbons (Fsp3) is 0.167. The first-order valence-electron chi connectivity index (χ1n) is 7.58. The molecule has 6 nitrogen and oxygen atoms in total. The molecule has 6 heteroatoms. The standard InChI is InChI=1S/C18H17N3O3/c1-21-17(22)9-8-16(20-21)18(23)19-10-11-24-15-7-6-13-4-2-3-5-14(13)12-15/h2-9,12H,10-11H2,1H3,(H,19,23). The summed E-state index contributed by atoms with van der Waals surface area (Å²) in [6.45, 7) is 0.687. The van der Waals surface area contributed by atoms with E-state index in [1.54, 1.807) is 0 Å². The maximum atomic E-state index is 11.9. The van der Waals surface area contributed by atoms with Crippen LogP contribution in [0.4, 0.5) is 0 Å². The summed E-state index contributed by atoms with van der Waals surface area (Å²) in [5.41, 5.74) is -0.0611. The molecule has 1 N–H and O–H groups in total. The summed E-state index contributed by atoms with van der Waals surface area (Å²) in [5.74, 6) is 0.413. The second-order valence-electron chi connectivity index (χ2n) is 5.29. The Balaban J connectivity index is 1.53. The van der Waals surface area contributed by atoms with Crippen molar-refractivity contribution >= 4 is 16.7 Å². The summed E-state index contributed by atoms with van der Waals surface area (Å²) < 4.78 is 6.78. The molecule has 3 aromatic rings. The average molecular weight is 323 g/mol. The topological polar surface area (TPSA) is 73.2 Å². The molecule has 0 aliphatic heterocycles. The molecule has 0 saturated heterocycles. The lowest BCUT2D eigenvalue weighted by molar-refractivity contribution is 0.0939. The minimum atomic E-state index is -0.340. The first-order chi connectivity index (χ1) is 11.6. The predicted octanol–water partition coefficient (Wildman–Crippen LogP) is 1.74. The van der Waals surface area contributed by atoms with E-state index in [0.717, 1.165) is 21.2 Å². The highest BCUT2D eigenvalue weighted by molar-refractivity contribution is 5.92. The Morgan fingerprint density at radius 3 is 2.71 bits per heavy atom. The predicted molar refractivity (Wildman–Crippen MR) is 91.3 cm³/mol. The van der Waals surface area contributed by atoms with Gasteiger partial charge in [0.25, 0.3) is 11.5 Å². The number of hydrogen-bond donors (Lipinski definition) is 1. The van der Waals surface area contributed by atoms with Gasteiger partial charge in [-0.15, -0.1) is 0 Å². The molecule has 1 heterocycles. The van der Waals surface area contributed by atoms with Crippen LogP contribution in [0.1, 0.15) is 10.5 Å². The van der Waals surface area contributed by atoms with Crippen molar-refractivity contribution in [3.8, 4) is 5.75 Å². The zero-order valence-electron chi connectivity index (χ0n) is 13.2. The van der Waals surface area contributed by atoms with Crippen LogP contribution in [-0.4, -0.2) is 28.8 Å². The van der Waals surface area contributed by atoms with Gasteiger partial charge >= 0.3 is 0 Å². The van der Waals surface area contributed by atoms with E-state index in [1.807, 2.05) is 42.5 Å². The van der Waals surface area contributed by atoms with E-state index >= 15 is 0 Å². The number of nitrogens with zero attached hydrogens (tertiary/aromatic N) is 2. The fourth-order valence-corrected chi connectivity index (χ4v) is 2.30. The molecular weight excluding hydrogens is 306 g/mol. The van der Waals surface area contributed by atoms with Gasteiger partial charge < -0.3 is 10.1 Å². The zero-order valence-corrected chi connectivity index (χ0v) is 13.2. The number of ether oxygens (including phenoxy) is 1. The van der Waals surface area contributed by atoms with Crippen molar-refractivity contribution in [1.29, 1.82) is 0 Å². The van der Waals surface area contributed by atoms with E-state index in [0.29, 0.717) is 13.2 Å². The van der Waals surface area contributed by atoms with Gasteiger partial charge in [0, 0.05) is 13.1 Å². The Hall–Kier alpha value is -3.15. The number of fused-ring (bicyclic) bond motifs is 1. The van der Waals surface area contributed by atoms with Gasteiger partial charge in [0.15, 0.2) is 0 Å². The van der Waals surface area contributed by atoms with E-state index in [4.69, 9.17) is 4.74 Å². The first-order valence-corrected chi connectivity index (χ1v) is 7.58. The molecule has 0 aliphatic rings. The summed E-state index contributed by atoms with van der Waals surface area (Å²) in [6.07, 6.45) is 0. The van der Waals surface area contributed by atoms with Crippen LogP contribution in [0.25, 0.3) is 10.8 Å². The molecule has 0 saturated carbocycles. The molecule has 3 rings (SSSR count). The summed E-state index contributed by atoms with van der Waals surface area (Å²) in [6, 6.07) is 16.6. The van der Waals surface area contributed by atoms with Gasteiger partial charge in [-0.1, -0.05) is 30.3 Å². The van der Waals surface area contributed by atoms with Crippen LogP contribution < -0.4 is 15.6 Å². The van der Waals surface area contributed by atoms with Crippen LogP contribution in [0.15, 0.2) is 59.4 Å². The maximum Gasteiger partial charge on any atom is 0.271 e. The molecule has 2 aromatic carbocycles. The summed E-state index contributed by atoms with van der Waals surface area (Å²) in [5, 5.41) is 8.86. The Morgan fingerprint density at radius 2 is 1.92 bits per heavy atom. The number of aromatic nitrogens is 2. The van der Waals surface area contributed by atoms with Crippen molar-refractivity contribution < 1.29 is 9.53 Å². The Kier molecular flexibility index (Phi) is 4.56. The second-order valence-corrected chi connectivity index (χ2v) is 5.29. The average Bonchev–Trinajstić information content (AvgIpc) is 2.60. The highest BCUT2D eigenvalue weighted by Gasteiger charge is 2.07. The number of benzene rings is 2. The number of rotatable bonds is 5. The Labute approximate surface area is 138 Å². The van der Waals surface area contributed by atoms with Crippen LogP contribution in [0.2, 0.25) is 0 Å². The van der Waals surface area contributed by atoms with Gasteiger partial charge in [-0.05, 0) is 29.0 Å². The van der Waals surface area contributed by atoms with Gasteiger partial charge in [-0.2, -0.15) is 5.10 Å². The van der Waals surface area contributed by atoms with Crippen LogP contribution in [-0.2, 0) is 7.05 Å². The lowest BCUT2D eigenvalue weighted by Gasteiger charge is -2.08. The molecule has 1 amide bonds. The minimum absolute atomic E-state index is 0.197. The minimum Gasteiger partial charge on any atom is -0.492 e. The van der Waals surface area contributed by atoms with Crippen LogP contribution in [0, 0.1) is 0 Å². The van der Waals surface area contributed by atoms with Gasteiger partial charge in [0.1, 0.15) is 18.1 Å². The number of carbonyl (C=O) groups is 1. The van der Waals surface area contributed by atoms with Crippen molar-refractivity contribution in [3.63, 3.8) is 0 Å². The highest BCUT2D eigenvalue weighted by atomic mass is 16.5. The first kappa shape index (κ1) is 15.7. The molecule has 0 fully saturated rings. The largest absolute Gasteiger partial charge is 0.492 e. The molecule has 0 unspecified atom stereocenters. The van der Waals surface area contributed by atoms with Crippen molar-refractivity contribution in [2.24, 2.45) is 7.05 Å². The van der Waals surface area contributed by atoms with Gasteiger partial charge in [0.2, 0.25) is 0 Å². The zero-order chi connectivity index (χ0) is 16.9. The molecular formula is C18H17N3O3. The lowest BCUT2D eigenvalue weighted by Crippen LogP contribution is -2.31. The molecule has 0 aliphatic carbocycles. The summed E-state index contributed by atoms with van der Waals surface area (Å²) in [4.78, 5) is 23.2. The molecule has 122 valence electrons. The monoisotopic (exact) mass is 323 g/mol. The molecule has 24 heavy (non-hydrogen) atoms. The second kappa shape index (κ2) is 6.95. The van der Waals surface area contributed by atoms with E-state index in [9.17, 15) is 9.59 Å².